The molecular weight excluding hydrogens is 224 g/mol. The summed E-state index contributed by atoms with van der Waals surface area (Å²) in [5.41, 5.74) is 7.12. The van der Waals surface area contributed by atoms with Crippen molar-refractivity contribution in [2.75, 3.05) is 5.73 Å². The van der Waals surface area contributed by atoms with Crippen LogP contribution in [-0.2, 0) is 0 Å². The van der Waals surface area contributed by atoms with E-state index in [1.807, 2.05) is 18.2 Å². The molecule has 1 aromatic heterocycles. The first kappa shape index (κ1) is 10.4. The molecule has 0 fully saturated rings. The smallest absolute Gasteiger partial charge is 0.182 e. The summed E-state index contributed by atoms with van der Waals surface area (Å²) in [7, 11) is 0. The predicted octanol–water partition coefficient (Wildman–Crippen LogP) is 2.25. The lowest BCUT2D eigenvalue weighted by atomic mass is 10.1. The third-order valence-corrected chi connectivity index (χ3v) is 2.26. The Hall–Kier alpha value is -2.12. The Labute approximate surface area is 97.3 Å². The Morgan fingerprint density at radius 3 is 2.81 bits per heavy atom. The van der Waals surface area contributed by atoms with Crippen LogP contribution < -0.4 is 5.73 Å². The number of hydrogen-bond acceptors (Lipinski definition) is 4. The number of halogens is 1. The first-order valence-corrected chi connectivity index (χ1v) is 4.87. The molecule has 0 aliphatic heterocycles. The summed E-state index contributed by atoms with van der Waals surface area (Å²) in [5.74, 6) is 0.125. The Kier molecular flexibility index (Phi) is 2.71. The van der Waals surface area contributed by atoms with Gasteiger partial charge in [0.15, 0.2) is 11.5 Å². The molecule has 0 unspecified atom stereocenters. The van der Waals surface area contributed by atoms with E-state index in [9.17, 15) is 0 Å². The highest BCUT2D eigenvalue weighted by molar-refractivity contribution is 6.30. The Bertz CT molecular complexity index is 574. The molecule has 0 atom stereocenters. The first-order chi connectivity index (χ1) is 7.70. The topological polar surface area (TPSA) is 75.6 Å². The van der Waals surface area contributed by atoms with Crippen molar-refractivity contribution in [2.24, 2.45) is 0 Å². The number of aromatic nitrogens is 2. The molecule has 0 saturated carbocycles. The van der Waals surface area contributed by atoms with Crippen molar-refractivity contribution >= 4 is 17.4 Å². The number of nitrogens with zero attached hydrogens (tertiary/aromatic N) is 3. The monoisotopic (exact) mass is 230 g/mol. The average molecular weight is 231 g/mol. The van der Waals surface area contributed by atoms with Crippen LogP contribution >= 0.6 is 11.6 Å². The fourth-order valence-corrected chi connectivity index (χ4v) is 1.47. The van der Waals surface area contributed by atoms with E-state index in [1.54, 1.807) is 12.1 Å². The Morgan fingerprint density at radius 1 is 1.38 bits per heavy atom. The first-order valence-electron chi connectivity index (χ1n) is 4.49. The van der Waals surface area contributed by atoms with Gasteiger partial charge in [-0.05, 0) is 12.1 Å². The lowest BCUT2D eigenvalue weighted by Crippen LogP contribution is -1.99. The van der Waals surface area contributed by atoms with E-state index in [0.717, 1.165) is 5.56 Å². The molecule has 16 heavy (non-hydrogen) atoms. The molecule has 1 aromatic carbocycles. The van der Waals surface area contributed by atoms with Crippen LogP contribution in [0.25, 0.3) is 11.3 Å². The zero-order chi connectivity index (χ0) is 11.5. The molecule has 5 heteroatoms. The zero-order valence-electron chi connectivity index (χ0n) is 8.18. The SMILES string of the molecule is N#Cc1ncc(-c2cccc(Cl)c2)nc1N. The molecule has 0 amide bonds. The molecule has 0 spiro atoms. The van der Waals surface area contributed by atoms with Gasteiger partial charge < -0.3 is 5.73 Å². The molecule has 4 nitrogen and oxygen atoms in total. The van der Waals surface area contributed by atoms with Gasteiger partial charge in [0, 0.05) is 10.6 Å². The van der Waals surface area contributed by atoms with Gasteiger partial charge in [0.25, 0.3) is 0 Å². The minimum absolute atomic E-state index is 0.125. The fraction of sp³-hybridized carbons (Fsp3) is 0. The maximum atomic E-state index is 8.67. The molecule has 0 saturated heterocycles. The lowest BCUT2D eigenvalue weighted by molar-refractivity contribution is 1.18. The highest BCUT2D eigenvalue weighted by Crippen LogP contribution is 2.21. The number of benzene rings is 1. The number of anilines is 1. The third-order valence-electron chi connectivity index (χ3n) is 2.03. The minimum atomic E-state index is 0.125. The van der Waals surface area contributed by atoms with Gasteiger partial charge in [0.1, 0.15) is 6.07 Å². The summed E-state index contributed by atoms with van der Waals surface area (Å²) in [6.07, 6.45) is 1.50. The highest BCUT2D eigenvalue weighted by atomic mass is 35.5. The molecule has 2 aromatic rings. The van der Waals surface area contributed by atoms with Gasteiger partial charge in [-0.1, -0.05) is 23.7 Å². The summed E-state index contributed by atoms with van der Waals surface area (Å²) >= 11 is 5.86. The van der Waals surface area contributed by atoms with Gasteiger partial charge in [0.2, 0.25) is 0 Å². The fourth-order valence-electron chi connectivity index (χ4n) is 1.28. The number of hydrogen-bond donors (Lipinski definition) is 1. The van der Waals surface area contributed by atoms with E-state index in [-0.39, 0.29) is 11.5 Å². The van der Waals surface area contributed by atoms with Crippen molar-refractivity contribution in [1.29, 1.82) is 5.26 Å². The molecule has 0 aliphatic carbocycles. The van der Waals surface area contributed by atoms with E-state index in [1.165, 1.54) is 6.20 Å². The van der Waals surface area contributed by atoms with Crippen LogP contribution in [0, 0.1) is 11.3 Å². The maximum absolute atomic E-state index is 8.67. The van der Waals surface area contributed by atoms with Crippen LogP contribution in [0.3, 0.4) is 0 Å². The predicted molar refractivity (Wildman–Crippen MR) is 61.6 cm³/mol. The normalized spacial score (nSPS) is 9.75. The maximum Gasteiger partial charge on any atom is 0.182 e. The summed E-state index contributed by atoms with van der Waals surface area (Å²) in [5, 5.41) is 9.28. The molecule has 0 bridgehead atoms. The van der Waals surface area contributed by atoms with E-state index in [2.05, 4.69) is 9.97 Å². The van der Waals surface area contributed by atoms with Crippen LogP contribution in [0.4, 0.5) is 5.82 Å². The van der Waals surface area contributed by atoms with Crippen molar-refractivity contribution in [3.05, 3.63) is 41.2 Å². The van der Waals surface area contributed by atoms with Crippen molar-refractivity contribution in [2.45, 2.75) is 0 Å². The van der Waals surface area contributed by atoms with E-state index < -0.39 is 0 Å². The number of rotatable bonds is 1. The van der Waals surface area contributed by atoms with Crippen molar-refractivity contribution in [3.63, 3.8) is 0 Å². The second-order valence-electron chi connectivity index (χ2n) is 3.11. The number of nitriles is 1. The van der Waals surface area contributed by atoms with Crippen LogP contribution in [0.15, 0.2) is 30.5 Å². The molecule has 78 valence electrons. The van der Waals surface area contributed by atoms with Gasteiger partial charge >= 0.3 is 0 Å². The van der Waals surface area contributed by atoms with Crippen LogP contribution in [-0.4, -0.2) is 9.97 Å². The highest BCUT2D eigenvalue weighted by Gasteiger charge is 2.05. The van der Waals surface area contributed by atoms with Crippen LogP contribution in [0.5, 0.6) is 0 Å². The second-order valence-corrected chi connectivity index (χ2v) is 3.55. The molecule has 0 radical (unpaired) electrons. The number of nitrogen functional groups attached to an aromatic ring is 1. The van der Waals surface area contributed by atoms with E-state index >= 15 is 0 Å². The molecule has 0 aliphatic rings. The van der Waals surface area contributed by atoms with Crippen LogP contribution in [0.2, 0.25) is 5.02 Å². The lowest BCUT2D eigenvalue weighted by Gasteiger charge is -2.02. The minimum Gasteiger partial charge on any atom is -0.381 e. The Balaban J connectivity index is 2.50. The van der Waals surface area contributed by atoms with Crippen molar-refractivity contribution in [1.82, 2.24) is 9.97 Å². The van der Waals surface area contributed by atoms with Crippen molar-refractivity contribution < 1.29 is 0 Å². The van der Waals surface area contributed by atoms with E-state index in [4.69, 9.17) is 22.6 Å². The Morgan fingerprint density at radius 2 is 2.19 bits per heavy atom. The zero-order valence-corrected chi connectivity index (χ0v) is 8.94. The average Bonchev–Trinajstić information content (AvgIpc) is 2.29. The van der Waals surface area contributed by atoms with Gasteiger partial charge in [-0.2, -0.15) is 5.26 Å². The second kappa shape index (κ2) is 4.17. The van der Waals surface area contributed by atoms with E-state index in [0.29, 0.717) is 10.7 Å². The summed E-state index contributed by atoms with van der Waals surface area (Å²) < 4.78 is 0. The summed E-state index contributed by atoms with van der Waals surface area (Å²) in [4.78, 5) is 8.00. The van der Waals surface area contributed by atoms with Gasteiger partial charge in [-0.25, -0.2) is 9.97 Å². The molecule has 1 heterocycles. The summed E-state index contributed by atoms with van der Waals surface area (Å²) in [6, 6.07) is 9.05. The third kappa shape index (κ3) is 1.95. The van der Waals surface area contributed by atoms with Gasteiger partial charge in [-0.3, -0.25) is 0 Å². The molecule has 2 N–H and O–H groups in total. The molecular formula is C11H7ClN4. The van der Waals surface area contributed by atoms with Crippen LogP contribution in [0.1, 0.15) is 5.69 Å². The largest absolute Gasteiger partial charge is 0.381 e. The molecule has 2 rings (SSSR count). The van der Waals surface area contributed by atoms with Gasteiger partial charge in [0.05, 0.1) is 11.9 Å². The van der Waals surface area contributed by atoms with Crippen molar-refractivity contribution in [3.8, 4) is 17.3 Å². The standard InChI is InChI=1S/C11H7ClN4/c12-8-3-1-2-7(4-8)10-6-15-9(5-13)11(14)16-10/h1-4,6H,(H2,14,16). The number of nitrogens with two attached hydrogens (primary N) is 1. The quantitative estimate of drug-likeness (QED) is 0.815. The van der Waals surface area contributed by atoms with Gasteiger partial charge in [-0.15, -0.1) is 0 Å². The summed E-state index contributed by atoms with van der Waals surface area (Å²) in [6.45, 7) is 0.